The van der Waals surface area contributed by atoms with Crippen molar-refractivity contribution in [3.63, 3.8) is 0 Å². The standard InChI is InChI=1S/C11H15BrN2OS.ClH/c1-13-6-9-3-2-4-14(9)11(15)10-5-8(12)7-16-10;/h5,7,9,13H,2-4,6H2,1H3;1H. The van der Waals surface area contributed by atoms with E-state index in [1.54, 1.807) is 0 Å². The molecule has 1 saturated heterocycles. The fourth-order valence-electron chi connectivity index (χ4n) is 2.12. The van der Waals surface area contributed by atoms with Crippen molar-refractivity contribution in [1.29, 1.82) is 0 Å². The van der Waals surface area contributed by atoms with Gasteiger partial charge in [0.1, 0.15) is 0 Å². The van der Waals surface area contributed by atoms with Crippen LogP contribution in [0.3, 0.4) is 0 Å². The van der Waals surface area contributed by atoms with Crippen molar-refractivity contribution in [1.82, 2.24) is 10.2 Å². The van der Waals surface area contributed by atoms with Crippen LogP contribution in [0.25, 0.3) is 0 Å². The van der Waals surface area contributed by atoms with E-state index in [9.17, 15) is 4.79 Å². The maximum atomic E-state index is 12.2. The highest BCUT2D eigenvalue weighted by molar-refractivity contribution is 9.10. The molecule has 0 radical (unpaired) electrons. The Balaban J connectivity index is 0.00000144. The van der Waals surface area contributed by atoms with E-state index in [0.29, 0.717) is 6.04 Å². The second kappa shape index (κ2) is 6.73. The summed E-state index contributed by atoms with van der Waals surface area (Å²) >= 11 is 4.89. The van der Waals surface area contributed by atoms with Crippen molar-refractivity contribution in [3.8, 4) is 0 Å². The summed E-state index contributed by atoms with van der Waals surface area (Å²) in [6.45, 7) is 1.78. The number of amides is 1. The summed E-state index contributed by atoms with van der Waals surface area (Å²) in [6, 6.07) is 2.26. The van der Waals surface area contributed by atoms with E-state index in [4.69, 9.17) is 0 Å². The molecular weight excluding hydrogens is 324 g/mol. The number of likely N-dealkylation sites (N-methyl/N-ethyl adjacent to an activating group) is 1. The number of halogens is 2. The van der Waals surface area contributed by atoms with Gasteiger partial charge in [-0.25, -0.2) is 0 Å². The van der Waals surface area contributed by atoms with E-state index >= 15 is 0 Å². The Labute approximate surface area is 120 Å². The number of thiophene rings is 1. The Morgan fingerprint density at radius 3 is 3.06 bits per heavy atom. The Morgan fingerprint density at radius 2 is 2.47 bits per heavy atom. The average Bonchev–Trinajstić information content (AvgIpc) is 2.87. The fraction of sp³-hybridized carbons (Fsp3) is 0.545. The summed E-state index contributed by atoms with van der Waals surface area (Å²) in [6.07, 6.45) is 2.23. The highest BCUT2D eigenvalue weighted by atomic mass is 79.9. The molecule has 1 unspecified atom stereocenters. The third-order valence-corrected chi connectivity index (χ3v) is 4.54. The van der Waals surface area contributed by atoms with Gasteiger partial charge in [-0.3, -0.25) is 4.79 Å². The first kappa shape index (κ1) is 15.0. The fourth-order valence-corrected chi connectivity index (χ4v) is 3.50. The topological polar surface area (TPSA) is 32.3 Å². The molecule has 1 aliphatic rings. The molecule has 96 valence electrons. The van der Waals surface area contributed by atoms with E-state index in [0.717, 1.165) is 35.3 Å². The molecule has 0 bridgehead atoms. The summed E-state index contributed by atoms with van der Waals surface area (Å²) in [4.78, 5) is 15.1. The Bertz CT molecular complexity index is 385. The summed E-state index contributed by atoms with van der Waals surface area (Å²) in [5.41, 5.74) is 0. The van der Waals surface area contributed by atoms with Gasteiger partial charge < -0.3 is 10.2 Å². The van der Waals surface area contributed by atoms with Crippen LogP contribution in [0.2, 0.25) is 0 Å². The SMILES string of the molecule is CNCC1CCCN1C(=O)c1cc(Br)cs1.Cl. The first-order valence-electron chi connectivity index (χ1n) is 5.42. The predicted octanol–water partition coefficient (Wildman–Crippen LogP) is 2.76. The van der Waals surface area contributed by atoms with Gasteiger partial charge >= 0.3 is 0 Å². The monoisotopic (exact) mass is 338 g/mol. The molecule has 17 heavy (non-hydrogen) atoms. The highest BCUT2D eigenvalue weighted by Crippen LogP contribution is 2.25. The number of likely N-dealkylation sites (tertiary alicyclic amines) is 1. The molecule has 3 nitrogen and oxygen atoms in total. The smallest absolute Gasteiger partial charge is 0.264 e. The molecule has 1 fully saturated rings. The van der Waals surface area contributed by atoms with Gasteiger partial charge in [-0.15, -0.1) is 23.7 Å². The first-order valence-corrected chi connectivity index (χ1v) is 7.09. The summed E-state index contributed by atoms with van der Waals surface area (Å²) in [5, 5.41) is 5.11. The summed E-state index contributed by atoms with van der Waals surface area (Å²) < 4.78 is 0.991. The van der Waals surface area contributed by atoms with Crippen LogP contribution >= 0.6 is 39.7 Å². The van der Waals surface area contributed by atoms with Gasteiger partial charge in [0.15, 0.2) is 0 Å². The summed E-state index contributed by atoms with van der Waals surface area (Å²) in [7, 11) is 1.93. The number of hydrogen-bond donors (Lipinski definition) is 1. The average molecular weight is 340 g/mol. The van der Waals surface area contributed by atoms with Crippen LogP contribution in [-0.2, 0) is 0 Å². The van der Waals surface area contributed by atoms with Gasteiger partial charge in [-0.1, -0.05) is 0 Å². The van der Waals surface area contributed by atoms with Crippen molar-refractivity contribution in [2.24, 2.45) is 0 Å². The predicted molar refractivity (Wildman–Crippen MR) is 77.3 cm³/mol. The largest absolute Gasteiger partial charge is 0.334 e. The van der Waals surface area contributed by atoms with Crippen LogP contribution in [0.5, 0.6) is 0 Å². The second-order valence-electron chi connectivity index (χ2n) is 3.98. The molecule has 1 aliphatic heterocycles. The zero-order chi connectivity index (χ0) is 11.5. The number of carbonyl (C=O) groups excluding carboxylic acids is 1. The lowest BCUT2D eigenvalue weighted by Crippen LogP contribution is -2.40. The molecule has 0 aromatic carbocycles. The molecule has 1 aromatic heterocycles. The number of nitrogens with one attached hydrogen (secondary N) is 1. The first-order chi connectivity index (χ1) is 7.72. The van der Waals surface area contributed by atoms with Crippen LogP contribution < -0.4 is 5.32 Å². The van der Waals surface area contributed by atoms with Gasteiger partial charge in [-0.2, -0.15) is 0 Å². The minimum atomic E-state index is 0. The van der Waals surface area contributed by atoms with E-state index in [1.165, 1.54) is 11.3 Å². The molecular formula is C11H16BrClN2OS. The van der Waals surface area contributed by atoms with E-state index in [1.807, 2.05) is 23.4 Å². The third-order valence-electron chi connectivity index (χ3n) is 2.86. The molecule has 1 atom stereocenters. The maximum Gasteiger partial charge on any atom is 0.264 e. The van der Waals surface area contributed by atoms with Gasteiger partial charge in [0.25, 0.3) is 5.91 Å². The van der Waals surface area contributed by atoms with Crippen LogP contribution in [-0.4, -0.2) is 37.0 Å². The van der Waals surface area contributed by atoms with Crippen LogP contribution in [0.1, 0.15) is 22.5 Å². The molecule has 0 saturated carbocycles. The number of carbonyl (C=O) groups is 1. The van der Waals surface area contributed by atoms with Crippen LogP contribution in [0.15, 0.2) is 15.9 Å². The molecule has 1 aromatic rings. The van der Waals surface area contributed by atoms with Crippen molar-refractivity contribution >= 4 is 45.6 Å². The Hall–Kier alpha value is -0.100. The zero-order valence-electron chi connectivity index (χ0n) is 9.61. The second-order valence-corrected chi connectivity index (χ2v) is 5.81. The Morgan fingerprint density at radius 1 is 1.71 bits per heavy atom. The van der Waals surface area contributed by atoms with E-state index in [-0.39, 0.29) is 18.3 Å². The minimum absolute atomic E-state index is 0. The van der Waals surface area contributed by atoms with Gasteiger partial charge in [0.05, 0.1) is 4.88 Å². The van der Waals surface area contributed by atoms with Gasteiger partial charge in [0, 0.05) is 29.0 Å². The van der Waals surface area contributed by atoms with Crippen LogP contribution in [0, 0.1) is 0 Å². The lowest BCUT2D eigenvalue weighted by molar-refractivity contribution is 0.0742. The molecule has 0 spiro atoms. The van der Waals surface area contributed by atoms with Crippen molar-refractivity contribution in [2.45, 2.75) is 18.9 Å². The summed E-state index contributed by atoms with van der Waals surface area (Å²) in [5.74, 6) is 0.174. The maximum absolute atomic E-state index is 12.2. The normalized spacial score (nSPS) is 19.2. The number of hydrogen-bond acceptors (Lipinski definition) is 3. The lowest BCUT2D eigenvalue weighted by Gasteiger charge is -2.23. The van der Waals surface area contributed by atoms with Crippen molar-refractivity contribution in [2.75, 3.05) is 20.1 Å². The minimum Gasteiger partial charge on any atom is -0.334 e. The lowest BCUT2D eigenvalue weighted by atomic mass is 10.2. The van der Waals surface area contributed by atoms with Gasteiger partial charge in [-0.05, 0) is 41.9 Å². The molecule has 6 heteroatoms. The molecule has 1 amide bonds. The van der Waals surface area contributed by atoms with Crippen LogP contribution in [0.4, 0.5) is 0 Å². The van der Waals surface area contributed by atoms with E-state index < -0.39 is 0 Å². The van der Waals surface area contributed by atoms with Crippen molar-refractivity contribution < 1.29 is 4.79 Å². The third kappa shape index (κ3) is 3.44. The zero-order valence-corrected chi connectivity index (χ0v) is 12.8. The molecule has 1 N–H and O–H groups in total. The molecule has 2 heterocycles. The molecule has 0 aliphatic carbocycles. The number of rotatable bonds is 3. The van der Waals surface area contributed by atoms with E-state index in [2.05, 4.69) is 21.2 Å². The molecule has 2 rings (SSSR count). The van der Waals surface area contributed by atoms with Gasteiger partial charge in [0.2, 0.25) is 0 Å². The number of nitrogens with zero attached hydrogens (tertiary/aromatic N) is 1. The Kier molecular flexibility index (Phi) is 5.92. The highest BCUT2D eigenvalue weighted by Gasteiger charge is 2.29. The van der Waals surface area contributed by atoms with Crippen molar-refractivity contribution in [3.05, 3.63) is 20.8 Å². The quantitative estimate of drug-likeness (QED) is 0.918.